The molecule has 0 amide bonds. The van der Waals surface area contributed by atoms with Gasteiger partial charge in [0.15, 0.2) is 23.0 Å². The number of nitrogens with one attached hydrogen (secondary N) is 1. The van der Waals surface area contributed by atoms with Gasteiger partial charge in [-0.25, -0.2) is 0 Å². The topological polar surface area (TPSA) is 49.0 Å². The minimum atomic E-state index is 0.297. The maximum absolute atomic E-state index is 5.79. The second-order valence-electron chi connectivity index (χ2n) is 5.96. The number of benzene rings is 2. The van der Waals surface area contributed by atoms with Crippen molar-refractivity contribution in [2.24, 2.45) is 0 Å². The van der Waals surface area contributed by atoms with E-state index in [2.05, 4.69) is 28.2 Å². The molecular formula is C20H24BrNO4. The average Bonchev–Trinajstić information content (AvgIpc) is 3.10. The lowest BCUT2D eigenvalue weighted by Gasteiger charge is -2.15. The van der Waals surface area contributed by atoms with Gasteiger partial charge < -0.3 is 24.3 Å². The van der Waals surface area contributed by atoms with Crippen molar-refractivity contribution < 1.29 is 18.9 Å². The zero-order valence-electron chi connectivity index (χ0n) is 15.1. The van der Waals surface area contributed by atoms with Crippen LogP contribution in [0.5, 0.6) is 23.0 Å². The van der Waals surface area contributed by atoms with Crippen molar-refractivity contribution in [2.75, 3.05) is 20.0 Å². The van der Waals surface area contributed by atoms with Crippen molar-refractivity contribution in [3.63, 3.8) is 0 Å². The van der Waals surface area contributed by atoms with E-state index in [0.29, 0.717) is 26.6 Å². The number of hydrogen-bond donors (Lipinski definition) is 1. The highest BCUT2D eigenvalue weighted by Crippen LogP contribution is 2.34. The molecule has 0 aliphatic carbocycles. The maximum atomic E-state index is 5.79. The highest BCUT2D eigenvalue weighted by Gasteiger charge is 2.14. The van der Waals surface area contributed by atoms with Crippen LogP contribution in [0.15, 0.2) is 34.8 Å². The second-order valence-corrected chi connectivity index (χ2v) is 6.82. The largest absolute Gasteiger partial charge is 0.490 e. The Kier molecular flexibility index (Phi) is 6.63. The van der Waals surface area contributed by atoms with E-state index in [9.17, 15) is 0 Å². The highest BCUT2D eigenvalue weighted by molar-refractivity contribution is 9.10. The summed E-state index contributed by atoms with van der Waals surface area (Å²) in [6.07, 6.45) is 0.960. The molecule has 140 valence electrons. The molecule has 1 aliphatic heterocycles. The molecule has 0 unspecified atom stereocenters. The Morgan fingerprint density at radius 3 is 2.62 bits per heavy atom. The van der Waals surface area contributed by atoms with E-state index >= 15 is 0 Å². The molecule has 1 heterocycles. The summed E-state index contributed by atoms with van der Waals surface area (Å²) in [5.74, 6) is 3.17. The van der Waals surface area contributed by atoms with Crippen molar-refractivity contribution in [2.45, 2.75) is 33.4 Å². The number of hydrogen-bond acceptors (Lipinski definition) is 5. The molecule has 0 aromatic heterocycles. The lowest BCUT2D eigenvalue weighted by atomic mass is 10.1. The average molecular weight is 422 g/mol. The van der Waals surface area contributed by atoms with Gasteiger partial charge in [-0.3, -0.25) is 0 Å². The summed E-state index contributed by atoms with van der Waals surface area (Å²) in [7, 11) is 0. The van der Waals surface area contributed by atoms with Crippen molar-refractivity contribution in [1.29, 1.82) is 0 Å². The Morgan fingerprint density at radius 2 is 1.81 bits per heavy atom. The Labute approximate surface area is 162 Å². The molecule has 0 atom stereocenters. The fourth-order valence-electron chi connectivity index (χ4n) is 2.70. The van der Waals surface area contributed by atoms with Gasteiger partial charge in [0.25, 0.3) is 0 Å². The molecule has 26 heavy (non-hydrogen) atoms. The minimum absolute atomic E-state index is 0.297. The Morgan fingerprint density at radius 1 is 1.00 bits per heavy atom. The summed E-state index contributed by atoms with van der Waals surface area (Å²) in [6, 6.07) is 10.0. The summed E-state index contributed by atoms with van der Waals surface area (Å²) in [5.41, 5.74) is 2.27. The van der Waals surface area contributed by atoms with Gasteiger partial charge in [0, 0.05) is 17.6 Å². The van der Waals surface area contributed by atoms with E-state index in [0.717, 1.165) is 51.6 Å². The van der Waals surface area contributed by atoms with Crippen LogP contribution in [0.25, 0.3) is 0 Å². The van der Waals surface area contributed by atoms with Crippen LogP contribution >= 0.6 is 15.9 Å². The predicted molar refractivity (Wildman–Crippen MR) is 104 cm³/mol. The SMILES string of the molecule is CCCOc1cc(Br)c(CNCc2ccc3c(c2)OCO3)cc1OCC. The van der Waals surface area contributed by atoms with Crippen LogP contribution in [0.2, 0.25) is 0 Å². The number of halogens is 1. The van der Waals surface area contributed by atoms with Gasteiger partial charge in [-0.1, -0.05) is 28.9 Å². The van der Waals surface area contributed by atoms with Crippen molar-refractivity contribution in [1.82, 2.24) is 5.32 Å². The molecule has 0 fully saturated rings. The number of ether oxygens (including phenoxy) is 4. The number of fused-ring (bicyclic) bond motifs is 1. The van der Waals surface area contributed by atoms with Crippen LogP contribution < -0.4 is 24.3 Å². The minimum Gasteiger partial charge on any atom is -0.490 e. The normalized spacial score (nSPS) is 12.3. The van der Waals surface area contributed by atoms with E-state index in [4.69, 9.17) is 18.9 Å². The molecule has 6 heteroatoms. The highest BCUT2D eigenvalue weighted by atomic mass is 79.9. The van der Waals surface area contributed by atoms with Crippen LogP contribution in [0.1, 0.15) is 31.4 Å². The van der Waals surface area contributed by atoms with Gasteiger partial charge in [-0.2, -0.15) is 0 Å². The molecule has 0 radical (unpaired) electrons. The zero-order valence-corrected chi connectivity index (χ0v) is 16.7. The van der Waals surface area contributed by atoms with Gasteiger partial charge in [0.2, 0.25) is 6.79 Å². The quantitative estimate of drug-likeness (QED) is 0.637. The molecule has 0 saturated heterocycles. The third kappa shape index (κ3) is 4.62. The first-order valence-corrected chi connectivity index (χ1v) is 9.67. The smallest absolute Gasteiger partial charge is 0.231 e. The maximum Gasteiger partial charge on any atom is 0.231 e. The molecule has 2 aromatic carbocycles. The van der Waals surface area contributed by atoms with Crippen LogP contribution in [0, 0.1) is 0 Å². The van der Waals surface area contributed by atoms with Crippen molar-refractivity contribution >= 4 is 15.9 Å². The molecule has 1 N–H and O–H groups in total. The van der Waals surface area contributed by atoms with E-state index in [-0.39, 0.29) is 0 Å². The molecular weight excluding hydrogens is 398 g/mol. The summed E-state index contributed by atoms with van der Waals surface area (Å²) < 4.78 is 23.3. The van der Waals surface area contributed by atoms with Crippen LogP contribution in [0.3, 0.4) is 0 Å². The lowest BCUT2D eigenvalue weighted by Crippen LogP contribution is -2.13. The first-order valence-electron chi connectivity index (χ1n) is 8.88. The predicted octanol–water partition coefficient (Wildman–Crippen LogP) is 4.66. The lowest BCUT2D eigenvalue weighted by molar-refractivity contribution is 0.174. The van der Waals surface area contributed by atoms with E-state index in [1.54, 1.807) is 0 Å². The zero-order chi connectivity index (χ0) is 18.4. The molecule has 0 spiro atoms. The van der Waals surface area contributed by atoms with E-state index in [1.807, 2.05) is 37.3 Å². The van der Waals surface area contributed by atoms with Gasteiger partial charge in [0.1, 0.15) is 0 Å². The molecule has 0 bridgehead atoms. The Balaban J connectivity index is 1.64. The summed E-state index contributed by atoms with van der Waals surface area (Å²) in [4.78, 5) is 0. The van der Waals surface area contributed by atoms with Gasteiger partial charge in [-0.15, -0.1) is 0 Å². The van der Waals surface area contributed by atoms with Gasteiger partial charge >= 0.3 is 0 Å². The molecule has 0 saturated carbocycles. The summed E-state index contributed by atoms with van der Waals surface area (Å²) in [6.45, 7) is 7.09. The van der Waals surface area contributed by atoms with Gasteiger partial charge in [0.05, 0.1) is 13.2 Å². The van der Waals surface area contributed by atoms with Crippen LogP contribution in [-0.4, -0.2) is 20.0 Å². The fraction of sp³-hybridized carbons (Fsp3) is 0.400. The third-order valence-electron chi connectivity index (χ3n) is 3.96. The van der Waals surface area contributed by atoms with Crippen molar-refractivity contribution in [3.05, 3.63) is 45.9 Å². The monoisotopic (exact) mass is 421 g/mol. The first-order chi connectivity index (χ1) is 12.7. The summed E-state index contributed by atoms with van der Waals surface area (Å²) >= 11 is 3.64. The van der Waals surface area contributed by atoms with Crippen LogP contribution in [-0.2, 0) is 13.1 Å². The van der Waals surface area contributed by atoms with Crippen molar-refractivity contribution in [3.8, 4) is 23.0 Å². The Hall–Kier alpha value is -1.92. The van der Waals surface area contributed by atoms with E-state index in [1.165, 1.54) is 0 Å². The molecule has 2 aromatic rings. The molecule has 3 rings (SSSR count). The first kappa shape index (κ1) is 18.9. The number of rotatable bonds is 9. The van der Waals surface area contributed by atoms with Crippen LogP contribution in [0.4, 0.5) is 0 Å². The van der Waals surface area contributed by atoms with E-state index < -0.39 is 0 Å². The molecule has 5 nitrogen and oxygen atoms in total. The standard InChI is InChI=1S/C20H24BrNO4/c1-3-7-24-20-10-16(21)15(9-19(20)23-4-2)12-22-11-14-5-6-17-18(8-14)26-13-25-17/h5-6,8-10,22H,3-4,7,11-13H2,1-2H3. The summed E-state index contributed by atoms with van der Waals surface area (Å²) in [5, 5.41) is 3.46. The second kappa shape index (κ2) is 9.14. The molecule has 1 aliphatic rings. The van der Waals surface area contributed by atoms with Gasteiger partial charge in [-0.05, 0) is 48.7 Å². The fourth-order valence-corrected chi connectivity index (χ4v) is 3.16. The Bertz CT molecular complexity index is 751. The third-order valence-corrected chi connectivity index (χ3v) is 4.69.